The Labute approximate surface area is 145 Å². The average molecular weight is 392 g/mol. The third-order valence-corrected chi connectivity index (χ3v) is 6.29. The zero-order valence-corrected chi connectivity index (χ0v) is 15.1. The molecule has 24 heavy (non-hydrogen) atoms. The van der Waals surface area contributed by atoms with Gasteiger partial charge < -0.3 is 0 Å². The van der Waals surface area contributed by atoms with Gasteiger partial charge in [-0.25, -0.2) is 25.9 Å². The fraction of sp³-hybridized carbons (Fsp3) is 0.200. The first kappa shape index (κ1) is 18.9. The number of nitrogens with one attached hydrogen (secondary N) is 1. The number of hydrogen-bond acceptors (Lipinski definition) is 4. The van der Waals surface area contributed by atoms with Crippen molar-refractivity contribution in [2.45, 2.75) is 16.2 Å². The molecule has 0 atom stereocenters. The predicted octanol–water partition coefficient (Wildman–Crippen LogP) is 2.40. The second-order valence-corrected chi connectivity index (χ2v) is 9.30. The van der Waals surface area contributed by atoms with Crippen LogP contribution in [0.3, 0.4) is 0 Å². The van der Waals surface area contributed by atoms with Crippen LogP contribution in [0.15, 0.2) is 52.3 Å². The van der Waals surface area contributed by atoms with Gasteiger partial charge in [0.25, 0.3) is 0 Å². The van der Waals surface area contributed by atoms with Gasteiger partial charge in [0.2, 0.25) is 10.0 Å². The van der Waals surface area contributed by atoms with Gasteiger partial charge in [0.1, 0.15) is 10.7 Å². The van der Waals surface area contributed by atoms with E-state index in [9.17, 15) is 21.2 Å². The topological polar surface area (TPSA) is 80.3 Å². The zero-order chi connectivity index (χ0) is 18.0. The lowest BCUT2D eigenvalue weighted by molar-refractivity contribution is 0.581. The molecule has 130 valence electrons. The summed E-state index contributed by atoms with van der Waals surface area (Å²) in [6.07, 6.45) is 1.33. The van der Waals surface area contributed by atoms with Crippen molar-refractivity contribution in [2.24, 2.45) is 0 Å². The fourth-order valence-corrected chi connectivity index (χ4v) is 4.26. The van der Waals surface area contributed by atoms with Crippen molar-refractivity contribution in [2.75, 3.05) is 12.8 Å². The largest absolute Gasteiger partial charge is 0.242 e. The molecule has 0 radical (unpaired) electrons. The van der Waals surface area contributed by atoms with E-state index < -0.39 is 19.9 Å². The van der Waals surface area contributed by atoms with Crippen molar-refractivity contribution >= 4 is 31.5 Å². The van der Waals surface area contributed by atoms with Crippen LogP contribution < -0.4 is 4.72 Å². The maximum atomic E-state index is 12.8. The van der Waals surface area contributed by atoms with Crippen molar-refractivity contribution in [3.05, 3.63) is 58.9 Å². The Kier molecular flexibility index (Phi) is 5.64. The molecule has 0 saturated heterocycles. The molecular formula is C15H15ClFNO4S2. The number of rotatable bonds is 6. The van der Waals surface area contributed by atoms with E-state index in [2.05, 4.69) is 4.72 Å². The van der Waals surface area contributed by atoms with Gasteiger partial charge >= 0.3 is 0 Å². The highest BCUT2D eigenvalue weighted by atomic mass is 35.5. The van der Waals surface area contributed by atoms with E-state index >= 15 is 0 Å². The molecule has 0 aliphatic heterocycles. The summed E-state index contributed by atoms with van der Waals surface area (Å²) in [4.78, 5) is -0.433. The lowest BCUT2D eigenvalue weighted by Gasteiger charge is -2.10. The highest BCUT2D eigenvalue weighted by Crippen LogP contribution is 2.24. The first-order chi connectivity index (χ1) is 11.1. The molecule has 0 amide bonds. The maximum absolute atomic E-state index is 12.8. The van der Waals surface area contributed by atoms with Gasteiger partial charge in [0, 0.05) is 12.8 Å². The summed E-state index contributed by atoms with van der Waals surface area (Å²) < 4.78 is 63.0. The molecule has 2 aromatic rings. The molecule has 0 spiro atoms. The summed E-state index contributed by atoms with van der Waals surface area (Å²) in [5.41, 5.74) is 0.759. The third-order valence-electron chi connectivity index (χ3n) is 3.24. The fourth-order valence-electron chi connectivity index (χ4n) is 1.98. The van der Waals surface area contributed by atoms with E-state index in [1.807, 2.05) is 0 Å². The zero-order valence-electron chi connectivity index (χ0n) is 12.7. The smallest absolute Gasteiger partial charge is 0.224 e. The van der Waals surface area contributed by atoms with Gasteiger partial charge in [-0.2, -0.15) is 0 Å². The molecule has 0 saturated carbocycles. The lowest BCUT2D eigenvalue weighted by Crippen LogP contribution is -2.26. The summed E-state index contributed by atoms with van der Waals surface area (Å²) in [5, 5.41) is -0.0725. The normalized spacial score (nSPS) is 12.3. The molecule has 1 N–H and O–H groups in total. The second-order valence-electron chi connectivity index (χ2n) is 5.14. The number of sulfonamides is 1. The third kappa shape index (κ3) is 4.76. The summed E-state index contributed by atoms with van der Waals surface area (Å²) >= 11 is 5.89. The minimum Gasteiger partial charge on any atom is -0.224 e. The van der Waals surface area contributed by atoms with Crippen LogP contribution in [0.5, 0.6) is 0 Å². The first-order valence-corrected chi connectivity index (χ1v) is 10.6. The minimum atomic E-state index is -3.97. The van der Waals surface area contributed by atoms with Crippen molar-refractivity contribution in [1.29, 1.82) is 0 Å². The molecule has 2 rings (SSSR count). The van der Waals surface area contributed by atoms with Crippen molar-refractivity contribution in [3.8, 4) is 0 Å². The van der Waals surface area contributed by atoms with E-state index in [0.717, 1.165) is 17.9 Å². The quantitative estimate of drug-likeness (QED) is 0.819. The average Bonchev–Trinajstić information content (AvgIpc) is 2.48. The van der Waals surface area contributed by atoms with E-state index in [1.165, 1.54) is 24.3 Å². The van der Waals surface area contributed by atoms with Gasteiger partial charge in [0.15, 0.2) is 9.84 Å². The summed E-state index contributed by atoms with van der Waals surface area (Å²) in [6.45, 7) is 0.0629. The Morgan fingerprint density at radius 3 is 2.25 bits per heavy atom. The Bertz CT molecular complexity index is 942. The highest BCUT2D eigenvalue weighted by Gasteiger charge is 2.20. The minimum absolute atomic E-state index is 0.0629. The molecule has 0 fully saturated rings. The molecule has 2 aromatic carbocycles. The summed E-state index contributed by atoms with van der Waals surface area (Å²) in [7, 11) is -7.53. The summed E-state index contributed by atoms with van der Waals surface area (Å²) in [6, 6.07) is 9.19. The monoisotopic (exact) mass is 391 g/mol. The molecule has 0 heterocycles. The summed E-state index contributed by atoms with van der Waals surface area (Å²) in [5.74, 6) is -0.372. The highest BCUT2D eigenvalue weighted by molar-refractivity contribution is 7.91. The molecule has 0 aromatic heterocycles. The SMILES string of the molecule is CS(=O)(=O)c1ccc(Cl)c(S(=O)(=O)NCCc2ccc(F)cc2)c1. The molecule has 9 heteroatoms. The molecule has 0 aliphatic carbocycles. The van der Waals surface area contributed by atoms with Gasteiger partial charge in [-0.05, 0) is 42.3 Å². The van der Waals surface area contributed by atoms with Crippen LogP contribution in [-0.2, 0) is 26.3 Å². The molecule has 5 nitrogen and oxygen atoms in total. The Morgan fingerprint density at radius 2 is 1.67 bits per heavy atom. The van der Waals surface area contributed by atoms with Crippen LogP contribution in [0.2, 0.25) is 5.02 Å². The van der Waals surface area contributed by atoms with Crippen LogP contribution >= 0.6 is 11.6 Å². The molecule has 0 aliphatic rings. The van der Waals surface area contributed by atoms with Gasteiger partial charge in [-0.15, -0.1) is 0 Å². The Hall–Kier alpha value is -1.48. The standard InChI is InChI=1S/C15H15ClFNO4S2/c1-23(19,20)13-6-7-14(16)15(10-13)24(21,22)18-9-8-11-2-4-12(17)5-3-11/h2-7,10,18H,8-9H2,1H3. The molecule has 0 bridgehead atoms. The van der Waals surface area contributed by atoms with E-state index in [1.54, 1.807) is 12.1 Å². The lowest BCUT2D eigenvalue weighted by atomic mass is 10.1. The molecular weight excluding hydrogens is 377 g/mol. The van der Waals surface area contributed by atoms with E-state index in [0.29, 0.717) is 6.42 Å². The molecule has 0 unspecified atom stereocenters. The van der Waals surface area contributed by atoms with Crippen LogP contribution in [0.4, 0.5) is 4.39 Å². The van der Waals surface area contributed by atoms with Crippen LogP contribution in [0.25, 0.3) is 0 Å². The van der Waals surface area contributed by atoms with Crippen molar-refractivity contribution in [1.82, 2.24) is 4.72 Å². The Morgan fingerprint density at radius 1 is 1.04 bits per heavy atom. The number of halogens is 2. The second kappa shape index (κ2) is 7.18. The Balaban J connectivity index is 2.17. The van der Waals surface area contributed by atoms with Crippen molar-refractivity contribution < 1.29 is 21.2 Å². The number of benzene rings is 2. The van der Waals surface area contributed by atoms with Crippen LogP contribution in [0, 0.1) is 5.82 Å². The number of hydrogen-bond donors (Lipinski definition) is 1. The van der Waals surface area contributed by atoms with E-state index in [-0.39, 0.29) is 27.2 Å². The maximum Gasteiger partial charge on any atom is 0.242 e. The van der Waals surface area contributed by atoms with Crippen molar-refractivity contribution in [3.63, 3.8) is 0 Å². The van der Waals surface area contributed by atoms with Gasteiger partial charge in [0.05, 0.1) is 9.92 Å². The first-order valence-electron chi connectivity index (χ1n) is 6.83. The van der Waals surface area contributed by atoms with E-state index in [4.69, 9.17) is 11.6 Å². The van der Waals surface area contributed by atoms with Gasteiger partial charge in [-0.1, -0.05) is 23.7 Å². The van der Waals surface area contributed by atoms with Crippen LogP contribution in [-0.4, -0.2) is 29.6 Å². The van der Waals surface area contributed by atoms with Gasteiger partial charge in [-0.3, -0.25) is 0 Å². The number of sulfone groups is 1. The predicted molar refractivity (Wildman–Crippen MR) is 89.9 cm³/mol. The van der Waals surface area contributed by atoms with Crippen LogP contribution in [0.1, 0.15) is 5.56 Å².